The minimum Gasteiger partial charge on any atom is -0.309 e. The largest absolute Gasteiger partial charge is 0.309 e. The average molecular weight is 193 g/mol. The molecular formula is C10H21F2N. The van der Waals surface area contributed by atoms with Crippen LogP contribution in [0.15, 0.2) is 0 Å². The van der Waals surface area contributed by atoms with Gasteiger partial charge in [-0.15, -0.1) is 0 Å². The van der Waals surface area contributed by atoms with Gasteiger partial charge in [-0.3, -0.25) is 0 Å². The molecular weight excluding hydrogens is 172 g/mol. The zero-order chi connectivity index (χ0) is 10.3. The van der Waals surface area contributed by atoms with Crippen molar-refractivity contribution in [3.8, 4) is 0 Å². The molecule has 3 heteroatoms. The average Bonchev–Trinajstić information content (AvgIpc) is 2.00. The molecule has 0 aliphatic heterocycles. The van der Waals surface area contributed by atoms with E-state index < -0.39 is 6.43 Å². The van der Waals surface area contributed by atoms with E-state index in [1.54, 1.807) is 0 Å². The van der Waals surface area contributed by atoms with E-state index in [1.165, 1.54) is 6.42 Å². The van der Waals surface area contributed by atoms with Crippen molar-refractivity contribution >= 4 is 0 Å². The van der Waals surface area contributed by atoms with Gasteiger partial charge in [-0.2, -0.15) is 0 Å². The standard InChI is InChI=1S/C10H21F2N/c1-8(2)5-4-6-9(3)13-7-10(11)12/h8-10,13H,4-7H2,1-3H3. The lowest BCUT2D eigenvalue weighted by atomic mass is 10.0. The molecule has 1 nitrogen and oxygen atoms in total. The molecule has 13 heavy (non-hydrogen) atoms. The summed E-state index contributed by atoms with van der Waals surface area (Å²) in [6, 6.07) is 0.216. The molecule has 0 amide bonds. The molecule has 0 aromatic carbocycles. The topological polar surface area (TPSA) is 12.0 Å². The van der Waals surface area contributed by atoms with Crippen molar-refractivity contribution in [2.45, 2.75) is 52.5 Å². The van der Waals surface area contributed by atoms with Gasteiger partial charge in [0, 0.05) is 6.04 Å². The second kappa shape index (κ2) is 7.25. The molecule has 0 spiro atoms. The third-order valence-electron chi connectivity index (χ3n) is 2.04. The Morgan fingerprint density at radius 3 is 2.15 bits per heavy atom. The monoisotopic (exact) mass is 193 g/mol. The Labute approximate surface area is 79.9 Å². The van der Waals surface area contributed by atoms with E-state index >= 15 is 0 Å². The molecule has 0 fully saturated rings. The summed E-state index contributed by atoms with van der Waals surface area (Å²) in [6.07, 6.45) is 1.06. The Hall–Kier alpha value is -0.180. The number of alkyl halides is 2. The quantitative estimate of drug-likeness (QED) is 0.655. The molecule has 0 bridgehead atoms. The van der Waals surface area contributed by atoms with Crippen molar-refractivity contribution in [2.75, 3.05) is 6.54 Å². The van der Waals surface area contributed by atoms with Crippen LogP contribution in [0, 0.1) is 5.92 Å². The fourth-order valence-corrected chi connectivity index (χ4v) is 1.22. The predicted molar refractivity (Wildman–Crippen MR) is 52.2 cm³/mol. The van der Waals surface area contributed by atoms with Crippen LogP contribution in [0.4, 0.5) is 8.78 Å². The van der Waals surface area contributed by atoms with Crippen molar-refractivity contribution in [2.24, 2.45) is 5.92 Å². The molecule has 0 aliphatic rings. The molecule has 0 aliphatic carbocycles. The Morgan fingerprint density at radius 2 is 1.69 bits per heavy atom. The Kier molecular flexibility index (Phi) is 7.14. The van der Waals surface area contributed by atoms with Crippen LogP contribution in [0.1, 0.15) is 40.0 Å². The predicted octanol–water partition coefficient (Wildman–Crippen LogP) is 3.06. The van der Waals surface area contributed by atoms with Crippen molar-refractivity contribution in [3.63, 3.8) is 0 Å². The number of halogens is 2. The molecule has 0 rings (SSSR count). The summed E-state index contributed by atoms with van der Waals surface area (Å²) in [4.78, 5) is 0. The van der Waals surface area contributed by atoms with Crippen molar-refractivity contribution in [1.82, 2.24) is 5.32 Å². The second-order valence-electron chi connectivity index (χ2n) is 4.03. The number of rotatable bonds is 7. The van der Waals surface area contributed by atoms with E-state index in [0.29, 0.717) is 5.92 Å². The van der Waals surface area contributed by atoms with Crippen LogP contribution in [-0.2, 0) is 0 Å². The van der Waals surface area contributed by atoms with E-state index in [4.69, 9.17) is 0 Å². The first-order valence-corrected chi connectivity index (χ1v) is 5.04. The molecule has 0 aromatic rings. The zero-order valence-corrected chi connectivity index (χ0v) is 8.82. The Morgan fingerprint density at radius 1 is 1.08 bits per heavy atom. The summed E-state index contributed by atoms with van der Waals surface area (Å²) in [6.45, 7) is 6.14. The normalized spacial score (nSPS) is 14.1. The Bertz CT molecular complexity index is 115. The fourth-order valence-electron chi connectivity index (χ4n) is 1.22. The van der Waals surface area contributed by atoms with Crippen molar-refractivity contribution in [3.05, 3.63) is 0 Å². The van der Waals surface area contributed by atoms with E-state index in [1.807, 2.05) is 6.92 Å². The van der Waals surface area contributed by atoms with Crippen LogP contribution in [0.25, 0.3) is 0 Å². The third-order valence-corrected chi connectivity index (χ3v) is 2.04. The summed E-state index contributed by atoms with van der Waals surface area (Å²) in [7, 11) is 0. The summed E-state index contributed by atoms with van der Waals surface area (Å²) >= 11 is 0. The van der Waals surface area contributed by atoms with Gasteiger partial charge in [0.2, 0.25) is 0 Å². The van der Waals surface area contributed by atoms with Crippen LogP contribution in [0.5, 0.6) is 0 Å². The number of hydrogen-bond donors (Lipinski definition) is 1. The molecule has 80 valence electrons. The number of hydrogen-bond acceptors (Lipinski definition) is 1. The van der Waals surface area contributed by atoms with Gasteiger partial charge in [-0.1, -0.05) is 26.7 Å². The minimum atomic E-state index is -2.23. The van der Waals surface area contributed by atoms with Gasteiger partial charge in [0.15, 0.2) is 0 Å². The number of nitrogens with one attached hydrogen (secondary N) is 1. The van der Waals surface area contributed by atoms with Gasteiger partial charge in [0.1, 0.15) is 0 Å². The van der Waals surface area contributed by atoms with Gasteiger partial charge >= 0.3 is 0 Å². The summed E-state index contributed by atoms with van der Waals surface area (Å²) in [5.41, 5.74) is 0. The maximum absolute atomic E-state index is 11.8. The first-order chi connectivity index (χ1) is 6.02. The first kappa shape index (κ1) is 12.8. The first-order valence-electron chi connectivity index (χ1n) is 5.04. The second-order valence-corrected chi connectivity index (χ2v) is 4.03. The van der Waals surface area contributed by atoms with E-state index in [0.717, 1.165) is 12.8 Å². The van der Waals surface area contributed by atoms with E-state index in [9.17, 15) is 8.78 Å². The van der Waals surface area contributed by atoms with Gasteiger partial charge < -0.3 is 5.32 Å². The lowest BCUT2D eigenvalue weighted by molar-refractivity contribution is 0.141. The molecule has 1 N–H and O–H groups in total. The molecule has 0 saturated carbocycles. The van der Waals surface area contributed by atoms with Crippen LogP contribution in [-0.4, -0.2) is 19.0 Å². The highest BCUT2D eigenvalue weighted by Gasteiger charge is 2.06. The zero-order valence-electron chi connectivity index (χ0n) is 8.82. The van der Waals surface area contributed by atoms with Gasteiger partial charge in [0.05, 0.1) is 6.54 Å². The van der Waals surface area contributed by atoms with E-state index in [2.05, 4.69) is 19.2 Å². The van der Waals surface area contributed by atoms with Crippen molar-refractivity contribution in [1.29, 1.82) is 0 Å². The minimum absolute atomic E-state index is 0.178. The van der Waals surface area contributed by atoms with Gasteiger partial charge in [-0.05, 0) is 19.3 Å². The summed E-state index contributed by atoms with van der Waals surface area (Å²) in [5, 5.41) is 2.81. The molecule has 1 atom stereocenters. The maximum Gasteiger partial charge on any atom is 0.250 e. The highest BCUT2D eigenvalue weighted by atomic mass is 19.3. The highest BCUT2D eigenvalue weighted by molar-refractivity contribution is 4.61. The lowest BCUT2D eigenvalue weighted by Gasteiger charge is -2.13. The van der Waals surface area contributed by atoms with Crippen molar-refractivity contribution < 1.29 is 8.78 Å². The molecule has 0 radical (unpaired) electrons. The smallest absolute Gasteiger partial charge is 0.250 e. The lowest BCUT2D eigenvalue weighted by Crippen LogP contribution is -2.30. The molecule has 0 heterocycles. The van der Waals surface area contributed by atoms with E-state index in [-0.39, 0.29) is 12.6 Å². The van der Waals surface area contributed by atoms with Crippen LogP contribution >= 0.6 is 0 Å². The molecule has 0 aromatic heterocycles. The van der Waals surface area contributed by atoms with Crippen LogP contribution in [0.2, 0.25) is 0 Å². The summed E-state index contributed by atoms with van der Waals surface area (Å²) < 4.78 is 23.6. The summed E-state index contributed by atoms with van der Waals surface area (Å²) in [5.74, 6) is 0.710. The molecule has 1 unspecified atom stereocenters. The molecule has 0 saturated heterocycles. The van der Waals surface area contributed by atoms with Crippen LogP contribution in [0.3, 0.4) is 0 Å². The SMILES string of the molecule is CC(C)CCCC(C)NCC(F)F. The van der Waals surface area contributed by atoms with Crippen LogP contribution < -0.4 is 5.32 Å². The van der Waals surface area contributed by atoms with Gasteiger partial charge in [0.25, 0.3) is 6.43 Å². The third kappa shape index (κ3) is 9.74. The highest BCUT2D eigenvalue weighted by Crippen LogP contribution is 2.08. The Balaban J connectivity index is 3.25. The van der Waals surface area contributed by atoms with Gasteiger partial charge in [-0.25, -0.2) is 8.78 Å². The fraction of sp³-hybridized carbons (Fsp3) is 1.00. The maximum atomic E-state index is 11.8.